The van der Waals surface area contributed by atoms with Crippen LogP contribution in [0.1, 0.15) is 31.1 Å². The molecular weight excluding hydrogens is 310 g/mol. The van der Waals surface area contributed by atoms with E-state index in [9.17, 15) is 0 Å². The van der Waals surface area contributed by atoms with E-state index in [-0.39, 0.29) is 0 Å². The summed E-state index contributed by atoms with van der Waals surface area (Å²) in [6.07, 6.45) is 2.77. The summed E-state index contributed by atoms with van der Waals surface area (Å²) in [5.41, 5.74) is 1.30. The molecule has 0 unspecified atom stereocenters. The Morgan fingerprint density at radius 1 is 1.30 bits per heavy atom. The molecule has 0 atom stereocenters. The number of nitrogens with zero attached hydrogens (tertiary/aromatic N) is 3. The summed E-state index contributed by atoms with van der Waals surface area (Å²) in [6.45, 7) is 6.48. The van der Waals surface area contributed by atoms with Gasteiger partial charge in [-0.25, -0.2) is 0 Å². The zero-order chi connectivity index (χ0) is 16.7. The summed E-state index contributed by atoms with van der Waals surface area (Å²) in [4.78, 5) is 8.05. The van der Waals surface area contributed by atoms with Gasteiger partial charge in [0.2, 0.25) is 5.89 Å². The first kappa shape index (κ1) is 18.0. The molecule has 0 aliphatic heterocycles. The quantitative estimate of drug-likeness (QED) is 0.655. The van der Waals surface area contributed by atoms with Gasteiger partial charge in [-0.1, -0.05) is 17.3 Å². The van der Waals surface area contributed by atoms with E-state index in [4.69, 9.17) is 9.26 Å². The van der Waals surface area contributed by atoms with Crippen LogP contribution in [-0.2, 0) is 24.2 Å². The van der Waals surface area contributed by atoms with Crippen LogP contribution in [0.3, 0.4) is 0 Å². The molecule has 0 radical (unpaired) electrons. The van der Waals surface area contributed by atoms with E-state index in [1.165, 1.54) is 10.5 Å². The maximum Gasteiger partial charge on any atom is 0.240 e. The van der Waals surface area contributed by atoms with E-state index in [2.05, 4.69) is 59.4 Å². The fraction of sp³-hybridized carbons (Fsp3) is 0.529. The molecule has 1 heterocycles. The average Bonchev–Trinajstić information content (AvgIpc) is 3.00. The minimum Gasteiger partial charge on any atom is -0.384 e. The van der Waals surface area contributed by atoms with Crippen molar-refractivity contribution in [3.8, 4) is 0 Å². The number of hydrogen-bond acceptors (Lipinski definition) is 6. The lowest BCUT2D eigenvalue weighted by molar-refractivity contribution is 0.176. The summed E-state index contributed by atoms with van der Waals surface area (Å²) in [6, 6.07) is 9.02. The second-order valence-corrected chi connectivity index (χ2v) is 6.58. The van der Waals surface area contributed by atoms with E-state index in [1.807, 2.05) is 0 Å². The predicted octanol–water partition coefficient (Wildman–Crippen LogP) is 3.39. The van der Waals surface area contributed by atoms with Gasteiger partial charge in [0.05, 0.1) is 13.2 Å². The first-order valence-electron chi connectivity index (χ1n) is 7.79. The summed E-state index contributed by atoms with van der Waals surface area (Å²) < 4.78 is 10.4. The van der Waals surface area contributed by atoms with Crippen molar-refractivity contribution < 1.29 is 9.26 Å². The molecule has 6 heteroatoms. The van der Waals surface area contributed by atoms with Gasteiger partial charge in [-0.15, -0.1) is 11.8 Å². The first-order valence-corrected chi connectivity index (χ1v) is 9.02. The van der Waals surface area contributed by atoms with Crippen molar-refractivity contribution in [1.29, 1.82) is 0 Å². The van der Waals surface area contributed by atoms with Crippen LogP contribution < -0.4 is 0 Å². The maximum atomic E-state index is 5.36. The Bertz CT molecular complexity index is 601. The summed E-state index contributed by atoms with van der Waals surface area (Å²) in [7, 11) is 1.67. The van der Waals surface area contributed by atoms with Crippen molar-refractivity contribution >= 4 is 11.8 Å². The van der Waals surface area contributed by atoms with Gasteiger partial charge in [-0.3, -0.25) is 4.90 Å². The Morgan fingerprint density at radius 2 is 2.13 bits per heavy atom. The number of hydrogen-bond donors (Lipinski definition) is 0. The molecule has 126 valence electrons. The van der Waals surface area contributed by atoms with E-state index in [1.54, 1.807) is 18.9 Å². The Labute approximate surface area is 142 Å². The van der Waals surface area contributed by atoms with E-state index in [0.717, 1.165) is 6.54 Å². The molecule has 0 fully saturated rings. The third-order valence-electron chi connectivity index (χ3n) is 3.63. The number of ether oxygens (including phenoxy) is 1. The molecule has 0 bridgehead atoms. The summed E-state index contributed by atoms with van der Waals surface area (Å²) >= 11 is 1.76. The number of benzene rings is 1. The zero-order valence-corrected chi connectivity index (χ0v) is 15.1. The van der Waals surface area contributed by atoms with E-state index < -0.39 is 0 Å². The molecule has 23 heavy (non-hydrogen) atoms. The Hall–Kier alpha value is -1.37. The van der Waals surface area contributed by atoms with E-state index in [0.29, 0.717) is 37.3 Å². The average molecular weight is 335 g/mol. The highest BCUT2D eigenvalue weighted by Crippen LogP contribution is 2.18. The molecule has 1 aromatic heterocycles. The molecular formula is C17H25N3O2S. The standard InChI is InChI=1S/C17H25N3O2S/c1-13(2)20(11-14-6-5-7-15(10-14)23-4)12-17-18-16(19-22-17)8-9-21-3/h5-7,10,13H,8-9,11-12H2,1-4H3. The monoisotopic (exact) mass is 335 g/mol. The molecule has 0 aliphatic carbocycles. The largest absolute Gasteiger partial charge is 0.384 e. The molecule has 0 aliphatic rings. The second kappa shape index (κ2) is 9.05. The lowest BCUT2D eigenvalue weighted by atomic mass is 10.2. The van der Waals surface area contributed by atoms with Crippen molar-refractivity contribution in [1.82, 2.24) is 15.0 Å². The van der Waals surface area contributed by atoms with Crippen LogP contribution in [0, 0.1) is 0 Å². The van der Waals surface area contributed by atoms with Gasteiger partial charge in [-0.2, -0.15) is 4.98 Å². The topological polar surface area (TPSA) is 51.4 Å². The van der Waals surface area contributed by atoms with Crippen LogP contribution in [0.5, 0.6) is 0 Å². The highest BCUT2D eigenvalue weighted by molar-refractivity contribution is 7.98. The van der Waals surface area contributed by atoms with Gasteiger partial charge in [0.1, 0.15) is 0 Å². The number of rotatable bonds is 9. The minimum absolute atomic E-state index is 0.391. The molecule has 0 saturated heterocycles. The minimum atomic E-state index is 0.391. The van der Waals surface area contributed by atoms with Gasteiger partial charge >= 0.3 is 0 Å². The highest BCUT2D eigenvalue weighted by atomic mass is 32.2. The van der Waals surface area contributed by atoms with Crippen LogP contribution >= 0.6 is 11.8 Å². The molecule has 1 aromatic carbocycles. The molecule has 0 spiro atoms. The molecule has 2 rings (SSSR count). The SMILES string of the molecule is COCCc1noc(CN(Cc2cccc(SC)c2)C(C)C)n1. The fourth-order valence-corrected chi connectivity index (χ4v) is 2.73. The molecule has 5 nitrogen and oxygen atoms in total. The summed E-state index contributed by atoms with van der Waals surface area (Å²) in [5, 5.41) is 4.00. The molecule has 0 amide bonds. The van der Waals surface area contributed by atoms with Gasteiger partial charge in [-0.05, 0) is 37.8 Å². The van der Waals surface area contributed by atoms with Gasteiger partial charge in [0, 0.05) is 31.0 Å². The molecule has 2 aromatic rings. The van der Waals surface area contributed by atoms with Crippen molar-refractivity contribution in [2.75, 3.05) is 20.0 Å². The second-order valence-electron chi connectivity index (χ2n) is 5.70. The summed E-state index contributed by atoms with van der Waals surface area (Å²) in [5.74, 6) is 1.36. The van der Waals surface area contributed by atoms with Gasteiger partial charge in [0.25, 0.3) is 0 Å². The lowest BCUT2D eigenvalue weighted by Gasteiger charge is -2.25. The third-order valence-corrected chi connectivity index (χ3v) is 4.35. The normalized spacial score (nSPS) is 11.6. The van der Waals surface area contributed by atoms with Crippen LogP contribution in [0.25, 0.3) is 0 Å². The Kier molecular flexibility index (Phi) is 7.08. The number of methoxy groups -OCH3 is 1. The maximum absolute atomic E-state index is 5.36. The van der Waals surface area contributed by atoms with Crippen molar-refractivity contribution in [3.63, 3.8) is 0 Å². The predicted molar refractivity (Wildman–Crippen MR) is 92.5 cm³/mol. The van der Waals surface area contributed by atoms with Crippen molar-refractivity contribution in [2.45, 2.75) is 44.3 Å². The van der Waals surface area contributed by atoms with Crippen LogP contribution in [0.15, 0.2) is 33.7 Å². The number of aromatic nitrogens is 2. The number of thioether (sulfide) groups is 1. The third kappa shape index (κ3) is 5.64. The smallest absolute Gasteiger partial charge is 0.240 e. The highest BCUT2D eigenvalue weighted by Gasteiger charge is 2.15. The molecule has 0 saturated carbocycles. The van der Waals surface area contributed by atoms with Crippen LogP contribution in [0.4, 0.5) is 0 Å². The zero-order valence-electron chi connectivity index (χ0n) is 14.3. The Balaban J connectivity index is 2.02. The van der Waals surface area contributed by atoms with E-state index >= 15 is 0 Å². The van der Waals surface area contributed by atoms with Crippen LogP contribution in [0.2, 0.25) is 0 Å². The lowest BCUT2D eigenvalue weighted by Crippen LogP contribution is -2.30. The first-order chi connectivity index (χ1) is 11.1. The Morgan fingerprint density at radius 3 is 2.83 bits per heavy atom. The molecule has 0 N–H and O–H groups in total. The van der Waals surface area contributed by atoms with Gasteiger partial charge in [0.15, 0.2) is 5.82 Å². The van der Waals surface area contributed by atoms with Crippen molar-refractivity contribution in [3.05, 3.63) is 41.5 Å². The van der Waals surface area contributed by atoms with Gasteiger partial charge < -0.3 is 9.26 Å². The fourth-order valence-electron chi connectivity index (χ4n) is 2.25. The van der Waals surface area contributed by atoms with Crippen molar-refractivity contribution in [2.24, 2.45) is 0 Å². The van der Waals surface area contributed by atoms with Crippen LogP contribution in [-0.4, -0.2) is 41.1 Å².